The van der Waals surface area contributed by atoms with Crippen LogP contribution in [0.4, 0.5) is 4.39 Å². The van der Waals surface area contributed by atoms with Crippen LogP contribution in [0.5, 0.6) is 0 Å². The molecule has 0 saturated carbocycles. The first-order valence-electron chi connectivity index (χ1n) is 7.32. The van der Waals surface area contributed by atoms with Gasteiger partial charge in [0.25, 0.3) is 5.91 Å². The lowest BCUT2D eigenvalue weighted by atomic mass is 10.1. The highest BCUT2D eigenvalue weighted by Gasteiger charge is 2.30. The van der Waals surface area contributed by atoms with Crippen LogP contribution in [0.2, 0.25) is 5.02 Å². The molecule has 0 bridgehead atoms. The summed E-state index contributed by atoms with van der Waals surface area (Å²) in [6.45, 7) is 0.302. The molecule has 4 rings (SSSR count). The predicted octanol–water partition coefficient (Wildman–Crippen LogP) is 4.11. The molecular formula is C16H11Cl2FN4OS. The number of carbonyl (C=O) groups is 1. The van der Waals surface area contributed by atoms with Crippen LogP contribution < -0.4 is 0 Å². The molecule has 0 fully saturated rings. The van der Waals surface area contributed by atoms with E-state index in [0.717, 1.165) is 16.4 Å². The Morgan fingerprint density at radius 3 is 2.92 bits per heavy atom. The van der Waals surface area contributed by atoms with Crippen molar-refractivity contribution in [2.75, 3.05) is 7.05 Å². The number of aromatic nitrogens is 3. The van der Waals surface area contributed by atoms with Gasteiger partial charge in [0.15, 0.2) is 0 Å². The highest BCUT2D eigenvalue weighted by molar-refractivity contribution is 7.13. The van der Waals surface area contributed by atoms with Gasteiger partial charge in [-0.2, -0.15) is 0 Å². The van der Waals surface area contributed by atoms with Crippen molar-refractivity contribution in [3.05, 3.63) is 51.6 Å². The lowest BCUT2D eigenvalue weighted by Gasteiger charge is -2.15. The number of halogens is 3. The largest absolute Gasteiger partial charge is 0.336 e. The molecule has 1 aliphatic heterocycles. The Bertz CT molecular complexity index is 1000. The van der Waals surface area contributed by atoms with Crippen molar-refractivity contribution in [2.24, 2.45) is 0 Å². The molecule has 0 N–H and O–H groups in total. The molecule has 9 heteroatoms. The van der Waals surface area contributed by atoms with Crippen molar-refractivity contribution >= 4 is 40.4 Å². The fourth-order valence-corrected chi connectivity index (χ4v) is 4.13. The Labute approximate surface area is 156 Å². The van der Waals surface area contributed by atoms with Gasteiger partial charge in [0, 0.05) is 12.4 Å². The van der Waals surface area contributed by atoms with Gasteiger partial charge in [-0.3, -0.25) is 9.36 Å². The van der Waals surface area contributed by atoms with E-state index in [2.05, 4.69) is 9.97 Å². The molecule has 3 heterocycles. The molecule has 2 aromatic heterocycles. The molecule has 0 aliphatic carbocycles. The fourth-order valence-electron chi connectivity index (χ4n) is 2.82. The normalized spacial score (nSPS) is 13.6. The molecule has 0 atom stereocenters. The number of benzene rings is 1. The van der Waals surface area contributed by atoms with Crippen LogP contribution in [0.15, 0.2) is 23.8 Å². The molecule has 0 radical (unpaired) electrons. The molecule has 3 aromatic rings. The number of rotatable bonds is 2. The number of amides is 1. The van der Waals surface area contributed by atoms with Crippen LogP contribution in [0, 0.1) is 5.82 Å². The topological polar surface area (TPSA) is 51.0 Å². The van der Waals surface area contributed by atoms with Gasteiger partial charge in [-0.05, 0) is 12.1 Å². The van der Waals surface area contributed by atoms with E-state index < -0.39 is 5.82 Å². The standard InChI is InChI=1S/C16H11Cl2FN4OS/c1-22-5-11-14(15-21-8(4-17)6-25-15)20-7-23(11)10-3-2-9(19)13(18)12(10)16(22)24/h2-3,6-7H,4-5H2,1H3. The average molecular weight is 397 g/mol. The average Bonchev–Trinajstić information content (AvgIpc) is 3.21. The Morgan fingerprint density at radius 1 is 1.40 bits per heavy atom. The van der Waals surface area contributed by atoms with Gasteiger partial charge >= 0.3 is 0 Å². The number of fused-ring (bicyclic) bond motifs is 3. The number of imidazole rings is 1. The summed E-state index contributed by atoms with van der Waals surface area (Å²) in [6, 6.07) is 2.78. The van der Waals surface area contributed by atoms with E-state index in [1.165, 1.54) is 28.4 Å². The zero-order valence-corrected chi connectivity index (χ0v) is 15.3. The first kappa shape index (κ1) is 16.5. The Kier molecular flexibility index (Phi) is 4.02. The summed E-state index contributed by atoms with van der Waals surface area (Å²) in [5, 5.41) is 2.41. The van der Waals surface area contributed by atoms with E-state index in [1.54, 1.807) is 17.9 Å². The van der Waals surface area contributed by atoms with E-state index in [1.807, 2.05) is 5.38 Å². The molecule has 1 aromatic carbocycles. The van der Waals surface area contributed by atoms with E-state index in [4.69, 9.17) is 23.2 Å². The van der Waals surface area contributed by atoms with Crippen LogP contribution in [-0.4, -0.2) is 32.4 Å². The molecule has 0 unspecified atom stereocenters. The fraction of sp³-hybridized carbons (Fsp3) is 0.188. The Balaban J connectivity index is 1.95. The molecule has 128 valence electrons. The van der Waals surface area contributed by atoms with E-state index in [0.29, 0.717) is 23.8 Å². The number of hydrogen-bond acceptors (Lipinski definition) is 4. The maximum Gasteiger partial charge on any atom is 0.257 e. The first-order valence-corrected chi connectivity index (χ1v) is 9.11. The van der Waals surface area contributed by atoms with Gasteiger partial charge < -0.3 is 4.90 Å². The number of thiazole rings is 1. The van der Waals surface area contributed by atoms with Gasteiger partial charge in [-0.1, -0.05) is 11.6 Å². The van der Waals surface area contributed by atoms with Crippen LogP contribution in [-0.2, 0) is 12.4 Å². The summed E-state index contributed by atoms with van der Waals surface area (Å²) in [5.74, 6) is -0.643. The maximum absolute atomic E-state index is 13.9. The molecule has 5 nitrogen and oxygen atoms in total. The highest BCUT2D eigenvalue weighted by Crippen LogP contribution is 2.35. The van der Waals surface area contributed by atoms with Crippen molar-refractivity contribution in [1.29, 1.82) is 0 Å². The number of nitrogens with zero attached hydrogens (tertiary/aromatic N) is 4. The Morgan fingerprint density at radius 2 is 2.20 bits per heavy atom. The summed E-state index contributed by atoms with van der Waals surface area (Å²) in [5.41, 5.74) is 2.87. The summed E-state index contributed by atoms with van der Waals surface area (Å²) in [6.07, 6.45) is 1.60. The first-order chi connectivity index (χ1) is 12.0. The minimum Gasteiger partial charge on any atom is -0.336 e. The minimum absolute atomic E-state index is 0.132. The van der Waals surface area contributed by atoms with E-state index >= 15 is 0 Å². The second-order valence-corrected chi connectivity index (χ2v) is 7.11. The van der Waals surface area contributed by atoms with Gasteiger partial charge in [0.1, 0.15) is 22.8 Å². The zero-order valence-electron chi connectivity index (χ0n) is 13.0. The highest BCUT2D eigenvalue weighted by atomic mass is 35.5. The number of carbonyl (C=O) groups excluding carboxylic acids is 1. The third kappa shape index (κ3) is 2.54. The third-order valence-electron chi connectivity index (χ3n) is 4.04. The van der Waals surface area contributed by atoms with Gasteiger partial charge in [0.2, 0.25) is 0 Å². The quantitative estimate of drug-likeness (QED) is 0.612. The molecule has 1 aliphatic rings. The van der Waals surface area contributed by atoms with Crippen LogP contribution in [0.25, 0.3) is 16.4 Å². The van der Waals surface area contributed by atoms with Crippen LogP contribution in [0.3, 0.4) is 0 Å². The van der Waals surface area contributed by atoms with Crippen molar-refractivity contribution in [1.82, 2.24) is 19.4 Å². The van der Waals surface area contributed by atoms with Crippen molar-refractivity contribution in [3.8, 4) is 16.4 Å². The molecule has 25 heavy (non-hydrogen) atoms. The van der Waals surface area contributed by atoms with Gasteiger partial charge in [-0.15, -0.1) is 22.9 Å². The molecule has 1 amide bonds. The third-order valence-corrected chi connectivity index (χ3v) is 5.58. The minimum atomic E-state index is -0.627. The van der Waals surface area contributed by atoms with E-state index in [-0.39, 0.29) is 16.5 Å². The van der Waals surface area contributed by atoms with Crippen molar-refractivity contribution < 1.29 is 9.18 Å². The van der Waals surface area contributed by atoms with Crippen molar-refractivity contribution in [3.63, 3.8) is 0 Å². The van der Waals surface area contributed by atoms with E-state index in [9.17, 15) is 9.18 Å². The molecular weight excluding hydrogens is 386 g/mol. The molecule has 0 spiro atoms. The van der Waals surface area contributed by atoms with Crippen LogP contribution >= 0.6 is 34.5 Å². The summed E-state index contributed by atoms with van der Waals surface area (Å²) in [7, 11) is 1.64. The SMILES string of the molecule is CN1Cc2c(-c3nc(CCl)cs3)ncn2-c2ccc(F)c(Cl)c2C1=O. The Hall–Kier alpha value is -1.96. The number of alkyl halides is 1. The smallest absolute Gasteiger partial charge is 0.257 e. The zero-order chi connectivity index (χ0) is 17.7. The van der Waals surface area contributed by atoms with Crippen LogP contribution in [0.1, 0.15) is 21.7 Å². The predicted molar refractivity (Wildman–Crippen MR) is 95.0 cm³/mol. The molecule has 0 saturated heterocycles. The monoisotopic (exact) mass is 396 g/mol. The lowest BCUT2D eigenvalue weighted by molar-refractivity contribution is 0.0788. The maximum atomic E-state index is 13.9. The van der Waals surface area contributed by atoms with Crippen molar-refractivity contribution in [2.45, 2.75) is 12.4 Å². The number of hydrogen-bond donors (Lipinski definition) is 0. The summed E-state index contributed by atoms with van der Waals surface area (Å²) >= 11 is 13.3. The lowest BCUT2D eigenvalue weighted by Crippen LogP contribution is -2.25. The van der Waals surface area contributed by atoms with Gasteiger partial charge in [0.05, 0.1) is 40.1 Å². The summed E-state index contributed by atoms with van der Waals surface area (Å²) < 4.78 is 15.6. The second kappa shape index (κ2) is 6.09. The van der Waals surface area contributed by atoms with Gasteiger partial charge in [-0.25, -0.2) is 14.4 Å². The summed E-state index contributed by atoms with van der Waals surface area (Å²) in [4.78, 5) is 23.1. The second-order valence-electron chi connectivity index (χ2n) is 5.60.